The molecule has 3 unspecified atom stereocenters. The topological polar surface area (TPSA) is 84.5 Å². The van der Waals surface area contributed by atoms with Crippen LogP contribution in [0.15, 0.2) is 24.3 Å². The lowest BCUT2D eigenvalue weighted by Gasteiger charge is -2.20. The molecule has 3 amide bonds. The monoisotopic (exact) mass is 330 g/mol. The molecule has 0 aromatic heterocycles. The molecule has 6 nitrogen and oxygen atoms in total. The molecule has 0 aromatic rings. The van der Waals surface area contributed by atoms with Gasteiger partial charge in [-0.25, -0.2) is 4.79 Å². The summed E-state index contributed by atoms with van der Waals surface area (Å²) in [6.07, 6.45) is 9.08. The SMILES string of the molecule is C#CCOC(=O)C1C(C)(C)C1(C=C(C)C=C)CC1NC(=O)NC1=O. The van der Waals surface area contributed by atoms with Gasteiger partial charge in [-0.15, -0.1) is 6.42 Å². The van der Waals surface area contributed by atoms with Crippen molar-refractivity contribution in [1.29, 1.82) is 0 Å². The third-order valence-electron chi connectivity index (χ3n) is 5.09. The van der Waals surface area contributed by atoms with Gasteiger partial charge in [-0.3, -0.25) is 14.9 Å². The third kappa shape index (κ3) is 2.82. The van der Waals surface area contributed by atoms with E-state index in [1.807, 2.05) is 26.8 Å². The minimum absolute atomic E-state index is 0.0910. The number of ether oxygens (including phenoxy) is 1. The van der Waals surface area contributed by atoms with Crippen LogP contribution in [-0.4, -0.2) is 30.6 Å². The van der Waals surface area contributed by atoms with Crippen molar-refractivity contribution in [1.82, 2.24) is 10.6 Å². The molecule has 0 radical (unpaired) electrons. The second-order valence-corrected chi connectivity index (χ2v) is 6.82. The first kappa shape index (κ1) is 17.8. The second-order valence-electron chi connectivity index (χ2n) is 6.82. The summed E-state index contributed by atoms with van der Waals surface area (Å²) < 4.78 is 5.12. The lowest BCUT2D eigenvalue weighted by molar-refractivity contribution is -0.145. The predicted molar refractivity (Wildman–Crippen MR) is 88.5 cm³/mol. The zero-order chi connectivity index (χ0) is 18.1. The standard InChI is InChI=1S/C18H22N2O4/c1-6-8-24-15(22)13-17(4,5)18(13,9-11(3)7-2)10-12-14(21)20-16(23)19-12/h1,7,9,12-13H,2,8,10H2,3-5H3,(H2,19,20,21,23). The molecule has 128 valence electrons. The number of esters is 1. The Morgan fingerprint density at radius 2 is 2.12 bits per heavy atom. The van der Waals surface area contributed by atoms with Gasteiger partial charge in [0.05, 0.1) is 5.92 Å². The van der Waals surface area contributed by atoms with Crippen molar-refractivity contribution in [2.75, 3.05) is 6.61 Å². The largest absolute Gasteiger partial charge is 0.452 e. The summed E-state index contributed by atoms with van der Waals surface area (Å²) in [6.45, 7) is 9.40. The molecule has 2 rings (SSSR count). The highest BCUT2D eigenvalue weighted by Gasteiger charge is 2.74. The molecule has 1 saturated carbocycles. The Bertz CT molecular complexity index is 671. The number of imide groups is 1. The number of urea groups is 1. The molecule has 1 aliphatic heterocycles. The van der Waals surface area contributed by atoms with Crippen molar-refractivity contribution < 1.29 is 19.1 Å². The molecule has 2 N–H and O–H groups in total. The summed E-state index contributed by atoms with van der Waals surface area (Å²) >= 11 is 0. The Morgan fingerprint density at radius 1 is 1.46 bits per heavy atom. The number of allylic oxidation sites excluding steroid dienone is 3. The molecule has 1 saturated heterocycles. The van der Waals surface area contributed by atoms with Gasteiger partial charge in [0.25, 0.3) is 5.91 Å². The van der Waals surface area contributed by atoms with E-state index in [0.717, 1.165) is 5.57 Å². The van der Waals surface area contributed by atoms with Crippen molar-refractivity contribution in [2.45, 2.75) is 33.2 Å². The molecule has 0 spiro atoms. The molecule has 2 fully saturated rings. The highest BCUT2D eigenvalue weighted by atomic mass is 16.5. The normalized spacial score (nSPS) is 30.8. The molecule has 3 atom stereocenters. The average molecular weight is 330 g/mol. The quantitative estimate of drug-likeness (QED) is 0.335. The van der Waals surface area contributed by atoms with E-state index in [1.165, 1.54) is 0 Å². The van der Waals surface area contributed by atoms with Crippen LogP contribution in [-0.2, 0) is 14.3 Å². The Hall–Kier alpha value is -2.55. The first-order chi connectivity index (χ1) is 11.2. The third-order valence-corrected chi connectivity index (χ3v) is 5.09. The minimum Gasteiger partial charge on any atom is -0.452 e. The minimum atomic E-state index is -0.684. The number of carbonyl (C=O) groups excluding carboxylic acids is 3. The van der Waals surface area contributed by atoms with Crippen LogP contribution < -0.4 is 10.6 Å². The first-order valence-electron chi connectivity index (χ1n) is 7.73. The molecule has 0 bridgehead atoms. The molecule has 0 aromatic carbocycles. The van der Waals surface area contributed by atoms with E-state index in [0.29, 0.717) is 6.42 Å². The van der Waals surface area contributed by atoms with Crippen molar-refractivity contribution in [3.8, 4) is 12.3 Å². The number of rotatable bonds is 6. The molecule has 1 aliphatic carbocycles. The Morgan fingerprint density at radius 3 is 2.62 bits per heavy atom. The van der Waals surface area contributed by atoms with Gasteiger partial charge in [0.1, 0.15) is 6.04 Å². The Labute approximate surface area is 141 Å². The van der Waals surface area contributed by atoms with Crippen LogP contribution in [0.5, 0.6) is 0 Å². The van der Waals surface area contributed by atoms with Crippen LogP contribution in [0.1, 0.15) is 27.2 Å². The van der Waals surface area contributed by atoms with Gasteiger partial charge < -0.3 is 10.1 Å². The molecular weight excluding hydrogens is 308 g/mol. The van der Waals surface area contributed by atoms with E-state index in [9.17, 15) is 14.4 Å². The van der Waals surface area contributed by atoms with Crippen molar-refractivity contribution in [3.63, 3.8) is 0 Å². The second kappa shape index (κ2) is 6.16. The molecule has 24 heavy (non-hydrogen) atoms. The number of amides is 3. The fraction of sp³-hybridized carbons (Fsp3) is 0.500. The van der Waals surface area contributed by atoms with Crippen molar-refractivity contribution in [2.24, 2.45) is 16.7 Å². The number of hydrogen-bond donors (Lipinski definition) is 2. The number of hydrogen-bond acceptors (Lipinski definition) is 4. The van der Waals surface area contributed by atoms with Gasteiger partial charge in [-0.1, -0.05) is 44.1 Å². The fourth-order valence-electron chi connectivity index (χ4n) is 3.70. The van der Waals surface area contributed by atoms with Crippen LogP contribution in [0.3, 0.4) is 0 Å². The average Bonchev–Trinajstić information content (AvgIpc) is 2.77. The van der Waals surface area contributed by atoms with Gasteiger partial charge in [-0.05, 0) is 18.8 Å². The highest BCUT2D eigenvalue weighted by Crippen LogP contribution is 2.72. The fourth-order valence-corrected chi connectivity index (χ4v) is 3.70. The van der Waals surface area contributed by atoms with E-state index in [-0.39, 0.29) is 12.5 Å². The molecular formula is C18H22N2O4. The van der Waals surface area contributed by atoms with Crippen LogP contribution >= 0.6 is 0 Å². The van der Waals surface area contributed by atoms with E-state index < -0.39 is 34.8 Å². The summed E-state index contributed by atoms with van der Waals surface area (Å²) in [4.78, 5) is 35.7. The van der Waals surface area contributed by atoms with Gasteiger partial charge in [0.2, 0.25) is 0 Å². The maximum Gasteiger partial charge on any atom is 0.322 e. The van der Waals surface area contributed by atoms with Crippen molar-refractivity contribution in [3.05, 3.63) is 24.3 Å². The van der Waals surface area contributed by atoms with Crippen LogP contribution in [0, 0.1) is 29.1 Å². The Balaban J connectivity index is 2.33. The summed E-state index contributed by atoms with van der Waals surface area (Å²) in [5.41, 5.74) is -0.160. The van der Waals surface area contributed by atoms with E-state index >= 15 is 0 Å². The van der Waals surface area contributed by atoms with Crippen LogP contribution in [0.4, 0.5) is 4.79 Å². The predicted octanol–water partition coefficient (Wildman–Crippen LogP) is 1.54. The van der Waals surface area contributed by atoms with Gasteiger partial charge in [0, 0.05) is 5.41 Å². The lowest BCUT2D eigenvalue weighted by atomic mass is 9.86. The molecule has 2 aliphatic rings. The summed E-state index contributed by atoms with van der Waals surface area (Å²) in [6, 6.07) is -1.20. The lowest BCUT2D eigenvalue weighted by Crippen LogP contribution is -2.33. The van der Waals surface area contributed by atoms with Gasteiger partial charge in [0.15, 0.2) is 6.61 Å². The smallest absolute Gasteiger partial charge is 0.322 e. The summed E-state index contributed by atoms with van der Waals surface area (Å²) in [5.74, 6) is 1.05. The maximum atomic E-state index is 12.4. The van der Waals surface area contributed by atoms with Gasteiger partial charge >= 0.3 is 12.0 Å². The Kier molecular flexibility index (Phi) is 4.57. The maximum absolute atomic E-state index is 12.4. The first-order valence-corrected chi connectivity index (χ1v) is 7.73. The zero-order valence-electron chi connectivity index (χ0n) is 14.1. The van der Waals surface area contributed by atoms with E-state index in [4.69, 9.17) is 11.2 Å². The summed E-state index contributed by atoms with van der Waals surface area (Å²) in [5, 5.41) is 4.81. The van der Waals surface area contributed by atoms with Crippen LogP contribution in [0.25, 0.3) is 0 Å². The van der Waals surface area contributed by atoms with E-state index in [2.05, 4.69) is 23.1 Å². The molecule has 6 heteroatoms. The summed E-state index contributed by atoms with van der Waals surface area (Å²) in [7, 11) is 0. The number of nitrogens with one attached hydrogen (secondary N) is 2. The van der Waals surface area contributed by atoms with Crippen LogP contribution in [0.2, 0.25) is 0 Å². The van der Waals surface area contributed by atoms with E-state index in [1.54, 1.807) is 6.08 Å². The van der Waals surface area contributed by atoms with Gasteiger partial charge in [-0.2, -0.15) is 0 Å². The number of terminal acetylenes is 1. The number of carbonyl (C=O) groups is 3. The zero-order valence-corrected chi connectivity index (χ0v) is 14.1. The highest BCUT2D eigenvalue weighted by molar-refractivity contribution is 6.04. The molecule has 1 heterocycles. The van der Waals surface area contributed by atoms with Crippen molar-refractivity contribution >= 4 is 17.9 Å².